The van der Waals surface area contributed by atoms with Crippen molar-refractivity contribution in [3.05, 3.63) is 54.1 Å². The molecule has 3 heterocycles. The third kappa shape index (κ3) is 4.85. The normalized spacial score (nSPS) is 18.8. The lowest BCUT2D eigenvalue weighted by Gasteiger charge is -2.33. The van der Waals surface area contributed by atoms with Crippen LogP contribution in [0.3, 0.4) is 0 Å². The molecular weight excluding hydrogens is 371 g/mol. The van der Waals surface area contributed by atoms with E-state index < -0.39 is 0 Å². The molecule has 0 saturated carbocycles. The summed E-state index contributed by atoms with van der Waals surface area (Å²) in [5, 5.41) is 3.43. The van der Waals surface area contributed by atoms with E-state index in [1.54, 1.807) is 24.4 Å². The molecule has 2 fully saturated rings. The third-order valence-corrected chi connectivity index (χ3v) is 5.77. The highest BCUT2D eigenvalue weighted by atomic mass is 19.1. The molecule has 4 rings (SSSR count). The Morgan fingerprint density at radius 3 is 2.76 bits per heavy atom. The fourth-order valence-corrected chi connectivity index (χ4v) is 4.09. The molecule has 2 saturated heterocycles. The first-order chi connectivity index (χ1) is 14.2. The van der Waals surface area contributed by atoms with E-state index in [1.807, 2.05) is 13.1 Å². The van der Waals surface area contributed by atoms with Crippen LogP contribution in [0.4, 0.5) is 4.39 Å². The Morgan fingerprint density at radius 2 is 2.00 bits per heavy atom. The number of halogens is 1. The molecule has 7 heteroatoms. The molecule has 6 nitrogen and oxygen atoms in total. The molecule has 0 radical (unpaired) electrons. The second-order valence-corrected chi connectivity index (χ2v) is 7.72. The Bertz CT molecular complexity index is 850. The van der Waals surface area contributed by atoms with Gasteiger partial charge in [-0.3, -0.25) is 9.98 Å². The van der Waals surface area contributed by atoms with Crippen molar-refractivity contribution in [1.82, 2.24) is 15.2 Å². The van der Waals surface area contributed by atoms with E-state index in [4.69, 9.17) is 9.47 Å². The molecule has 1 aromatic heterocycles. The van der Waals surface area contributed by atoms with E-state index in [2.05, 4.69) is 20.2 Å². The molecule has 2 aliphatic rings. The van der Waals surface area contributed by atoms with Crippen molar-refractivity contribution >= 4 is 5.96 Å². The van der Waals surface area contributed by atoms with Crippen molar-refractivity contribution in [2.75, 3.05) is 33.4 Å². The van der Waals surface area contributed by atoms with Gasteiger partial charge in [0.2, 0.25) is 0 Å². The Morgan fingerprint density at radius 1 is 1.21 bits per heavy atom. The van der Waals surface area contributed by atoms with Gasteiger partial charge in [0, 0.05) is 45.6 Å². The molecule has 1 N–H and O–H groups in total. The van der Waals surface area contributed by atoms with Crippen molar-refractivity contribution < 1.29 is 13.9 Å². The van der Waals surface area contributed by atoms with Crippen LogP contribution >= 0.6 is 0 Å². The minimum Gasteiger partial charge on any atom is -0.457 e. The molecule has 154 valence electrons. The maximum Gasteiger partial charge on any atom is 0.193 e. The predicted octanol–water partition coefficient (Wildman–Crippen LogP) is 3.59. The molecule has 0 amide bonds. The highest BCUT2D eigenvalue weighted by Crippen LogP contribution is 2.39. The SMILES string of the molecule is CN=C(NCc1cc(Oc2ccc(F)cc2)ccn1)N1CCC2(CCOCC2)C1. The molecular formula is C22H27FN4O2. The Balaban J connectivity index is 1.35. The van der Waals surface area contributed by atoms with Crippen molar-refractivity contribution in [3.63, 3.8) is 0 Å². The summed E-state index contributed by atoms with van der Waals surface area (Å²) in [4.78, 5) is 11.2. The lowest BCUT2D eigenvalue weighted by Crippen LogP contribution is -2.42. The maximum absolute atomic E-state index is 13.0. The van der Waals surface area contributed by atoms with Crippen LogP contribution in [0.2, 0.25) is 0 Å². The topological polar surface area (TPSA) is 59.0 Å². The van der Waals surface area contributed by atoms with Gasteiger partial charge in [0.25, 0.3) is 0 Å². The average molecular weight is 398 g/mol. The van der Waals surface area contributed by atoms with Crippen molar-refractivity contribution in [2.24, 2.45) is 10.4 Å². The number of hydrogen-bond donors (Lipinski definition) is 1. The van der Waals surface area contributed by atoms with Crippen LogP contribution in [-0.4, -0.2) is 49.2 Å². The van der Waals surface area contributed by atoms with Gasteiger partial charge in [0.15, 0.2) is 5.96 Å². The second-order valence-electron chi connectivity index (χ2n) is 7.72. The first-order valence-electron chi connectivity index (χ1n) is 10.1. The van der Waals surface area contributed by atoms with Gasteiger partial charge >= 0.3 is 0 Å². The molecule has 0 bridgehead atoms. The summed E-state index contributed by atoms with van der Waals surface area (Å²) in [5.74, 6) is 1.87. The van der Waals surface area contributed by atoms with Crippen LogP contribution in [0.15, 0.2) is 47.6 Å². The number of ether oxygens (including phenoxy) is 2. The predicted molar refractivity (Wildman–Crippen MR) is 110 cm³/mol. The van der Waals surface area contributed by atoms with E-state index in [0.29, 0.717) is 23.5 Å². The standard InChI is InChI=1S/C22H27FN4O2/c1-24-21(27-11-7-22(16-27)8-12-28-13-9-22)26-15-18-14-20(6-10-25-18)29-19-4-2-17(23)3-5-19/h2-6,10,14H,7-9,11-13,15-16H2,1H3,(H,24,26). The number of rotatable bonds is 4. The fraction of sp³-hybridized carbons (Fsp3) is 0.455. The highest BCUT2D eigenvalue weighted by molar-refractivity contribution is 5.80. The minimum absolute atomic E-state index is 0.284. The summed E-state index contributed by atoms with van der Waals surface area (Å²) in [6.07, 6.45) is 5.16. The lowest BCUT2D eigenvalue weighted by molar-refractivity contribution is 0.0217. The molecule has 1 spiro atoms. The number of hydrogen-bond acceptors (Lipinski definition) is 4. The summed E-state index contributed by atoms with van der Waals surface area (Å²) in [6, 6.07) is 9.64. The number of guanidine groups is 1. The van der Waals surface area contributed by atoms with Gasteiger partial charge in [-0.1, -0.05) is 0 Å². The highest BCUT2D eigenvalue weighted by Gasteiger charge is 2.40. The van der Waals surface area contributed by atoms with Crippen LogP contribution in [0.25, 0.3) is 0 Å². The number of nitrogens with zero attached hydrogens (tertiary/aromatic N) is 3. The Hall–Kier alpha value is -2.67. The monoisotopic (exact) mass is 398 g/mol. The van der Waals surface area contributed by atoms with E-state index in [0.717, 1.165) is 50.8 Å². The number of aliphatic imine (C=N–C) groups is 1. The molecule has 2 aromatic rings. The van der Waals surface area contributed by atoms with E-state index >= 15 is 0 Å². The summed E-state index contributed by atoms with van der Waals surface area (Å²) >= 11 is 0. The van der Waals surface area contributed by atoms with Crippen molar-refractivity contribution in [1.29, 1.82) is 0 Å². The van der Waals surface area contributed by atoms with Gasteiger partial charge in [-0.15, -0.1) is 0 Å². The number of pyridine rings is 1. The first-order valence-corrected chi connectivity index (χ1v) is 10.1. The third-order valence-electron chi connectivity index (χ3n) is 5.77. The lowest BCUT2D eigenvalue weighted by atomic mass is 9.80. The zero-order valence-corrected chi connectivity index (χ0v) is 16.7. The molecule has 0 atom stereocenters. The van der Waals surface area contributed by atoms with Crippen LogP contribution < -0.4 is 10.1 Å². The Labute approximate surface area is 170 Å². The first kappa shape index (κ1) is 19.6. The quantitative estimate of drug-likeness (QED) is 0.630. The van der Waals surface area contributed by atoms with Crippen LogP contribution in [0.5, 0.6) is 11.5 Å². The van der Waals surface area contributed by atoms with E-state index in [1.165, 1.54) is 18.6 Å². The maximum atomic E-state index is 13.0. The largest absolute Gasteiger partial charge is 0.457 e. The smallest absolute Gasteiger partial charge is 0.193 e. The average Bonchev–Trinajstić information content (AvgIpc) is 3.14. The molecule has 1 aromatic carbocycles. The summed E-state index contributed by atoms with van der Waals surface area (Å²) in [5.41, 5.74) is 1.22. The number of likely N-dealkylation sites (tertiary alicyclic amines) is 1. The van der Waals surface area contributed by atoms with Crippen molar-refractivity contribution in [2.45, 2.75) is 25.8 Å². The van der Waals surface area contributed by atoms with Crippen LogP contribution in [-0.2, 0) is 11.3 Å². The van der Waals surface area contributed by atoms with Gasteiger partial charge in [0.05, 0.1) is 12.2 Å². The van der Waals surface area contributed by atoms with E-state index in [9.17, 15) is 4.39 Å². The van der Waals surface area contributed by atoms with Gasteiger partial charge < -0.3 is 19.7 Å². The summed E-state index contributed by atoms with van der Waals surface area (Å²) in [7, 11) is 1.82. The van der Waals surface area contributed by atoms with Gasteiger partial charge in [-0.25, -0.2) is 4.39 Å². The summed E-state index contributed by atoms with van der Waals surface area (Å²) in [6.45, 7) is 4.33. The van der Waals surface area contributed by atoms with Crippen LogP contribution in [0.1, 0.15) is 25.0 Å². The van der Waals surface area contributed by atoms with E-state index in [-0.39, 0.29) is 5.82 Å². The number of nitrogens with one attached hydrogen (secondary N) is 1. The zero-order chi connectivity index (χ0) is 20.1. The number of aromatic nitrogens is 1. The molecule has 2 aliphatic heterocycles. The minimum atomic E-state index is -0.284. The van der Waals surface area contributed by atoms with Gasteiger partial charge in [0.1, 0.15) is 17.3 Å². The zero-order valence-electron chi connectivity index (χ0n) is 16.7. The number of benzene rings is 1. The fourth-order valence-electron chi connectivity index (χ4n) is 4.09. The Kier molecular flexibility index (Phi) is 5.94. The van der Waals surface area contributed by atoms with Crippen molar-refractivity contribution in [3.8, 4) is 11.5 Å². The molecule has 29 heavy (non-hydrogen) atoms. The van der Waals surface area contributed by atoms with Gasteiger partial charge in [-0.2, -0.15) is 0 Å². The second kappa shape index (κ2) is 8.78. The molecule has 0 unspecified atom stereocenters. The molecule has 0 aliphatic carbocycles. The van der Waals surface area contributed by atoms with Crippen LogP contribution in [0, 0.1) is 11.2 Å². The summed E-state index contributed by atoms with van der Waals surface area (Å²) < 4.78 is 24.4. The van der Waals surface area contributed by atoms with Gasteiger partial charge in [-0.05, 0) is 55.0 Å².